The standard InChI is InChI=1S/C20H20FN3O3/c1-27-18-10-2-13(12-17(18)21)3-11-19(25)22-14-4-6-15(7-5-14)23-20(26)24-16-8-9-16/h2-7,10-12,16H,8-9H2,1H3,(H,22,25)(H2,23,24,26)/b11-3+. The van der Waals surface area contributed by atoms with Gasteiger partial charge < -0.3 is 20.7 Å². The number of rotatable bonds is 6. The van der Waals surface area contributed by atoms with E-state index in [1.165, 1.54) is 31.4 Å². The van der Waals surface area contributed by atoms with Crippen LogP contribution in [0.3, 0.4) is 0 Å². The number of anilines is 2. The monoisotopic (exact) mass is 369 g/mol. The molecule has 27 heavy (non-hydrogen) atoms. The highest BCUT2D eigenvalue weighted by Gasteiger charge is 2.23. The molecule has 0 radical (unpaired) electrons. The maximum Gasteiger partial charge on any atom is 0.319 e. The van der Waals surface area contributed by atoms with Crippen molar-refractivity contribution in [2.45, 2.75) is 18.9 Å². The van der Waals surface area contributed by atoms with E-state index >= 15 is 0 Å². The third-order valence-electron chi connectivity index (χ3n) is 3.93. The minimum atomic E-state index is -0.492. The number of hydrogen-bond donors (Lipinski definition) is 3. The SMILES string of the molecule is COc1ccc(/C=C/C(=O)Nc2ccc(NC(=O)NC3CC3)cc2)cc1F. The Bertz CT molecular complexity index is 861. The summed E-state index contributed by atoms with van der Waals surface area (Å²) in [4.78, 5) is 23.7. The molecule has 7 heteroatoms. The first-order valence-corrected chi connectivity index (χ1v) is 8.53. The zero-order valence-corrected chi connectivity index (χ0v) is 14.8. The summed E-state index contributed by atoms with van der Waals surface area (Å²) in [5.41, 5.74) is 1.76. The quantitative estimate of drug-likeness (QED) is 0.678. The number of benzene rings is 2. The molecular formula is C20H20FN3O3. The first-order chi connectivity index (χ1) is 13.0. The smallest absolute Gasteiger partial charge is 0.319 e. The fourth-order valence-corrected chi connectivity index (χ4v) is 2.36. The highest BCUT2D eigenvalue weighted by molar-refractivity contribution is 6.02. The van der Waals surface area contributed by atoms with Crippen molar-refractivity contribution in [1.29, 1.82) is 0 Å². The van der Waals surface area contributed by atoms with Crippen LogP contribution < -0.4 is 20.7 Å². The molecular weight excluding hydrogens is 349 g/mol. The fourth-order valence-electron chi connectivity index (χ4n) is 2.36. The zero-order chi connectivity index (χ0) is 19.2. The third-order valence-corrected chi connectivity index (χ3v) is 3.93. The van der Waals surface area contributed by atoms with Crippen molar-refractivity contribution in [3.63, 3.8) is 0 Å². The Labute approximate surface area is 156 Å². The molecule has 0 aliphatic heterocycles. The van der Waals surface area contributed by atoms with E-state index in [1.54, 1.807) is 30.3 Å². The highest BCUT2D eigenvalue weighted by Crippen LogP contribution is 2.20. The Morgan fingerprint density at radius 3 is 2.33 bits per heavy atom. The van der Waals surface area contributed by atoms with E-state index in [9.17, 15) is 14.0 Å². The van der Waals surface area contributed by atoms with Crippen molar-refractivity contribution in [3.8, 4) is 5.75 Å². The number of nitrogens with one attached hydrogen (secondary N) is 3. The Kier molecular flexibility index (Phi) is 5.71. The van der Waals surface area contributed by atoms with Crippen LogP contribution in [0.15, 0.2) is 48.5 Å². The van der Waals surface area contributed by atoms with Crippen molar-refractivity contribution < 1.29 is 18.7 Å². The minimum absolute atomic E-state index is 0.149. The molecule has 0 saturated heterocycles. The molecule has 3 amide bonds. The van der Waals surface area contributed by atoms with Gasteiger partial charge in [0.25, 0.3) is 0 Å². The number of carbonyl (C=O) groups excluding carboxylic acids is 2. The lowest BCUT2D eigenvalue weighted by atomic mass is 10.2. The van der Waals surface area contributed by atoms with E-state index in [-0.39, 0.29) is 23.7 Å². The van der Waals surface area contributed by atoms with Gasteiger partial charge in [0.05, 0.1) is 7.11 Å². The predicted octanol–water partition coefficient (Wildman–Crippen LogP) is 3.77. The number of halogens is 1. The van der Waals surface area contributed by atoms with Gasteiger partial charge in [-0.05, 0) is 60.9 Å². The fraction of sp³-hybridized carbons (Fsp3) is 0.200. The van der Waals surface area contributed by atoms with Crippen LogP contribution in [0.2, 0.25) is 0 Å². The molecule has 3 N–H and O–H groups in total. The van der Waals surface area contributed by atoms with Crippen LogP contribution >= 0.6 is 0 Å². The Balaban J connectivity index is 1.52. The first-order valence-electron chi connectivity index (χ1n) is 8.53. The molecule has 0 aromatic heterocycles. The molecule has 0 spiro atoms. The molecule has 0 unspecified atom stereocenters. The summed E-state index contributed by atoms with van der Waals surface area (Å²) < 4.78 is 18.5. The molecule has 1 aliphatic carbocycles. The number of ether oxygens (including phenoxy) is 1. The van der Waals surface area contributed by atoms with Crippen molar-refractivity contribution in [3.05, 3.63) is 59.9 Å². The van der Waals surface area contributed by atoms with Crippen LogP contribution in [0.4, 0.5) is 20.6 Å². The van der Waals surface area contributed by atoms with E-state index in [1.807, 2.05) is 0 Å². The lowest BCUT2D eigenvalue weighted by Gasteiger charge is -2.08. The van der Waals surface area contributed by atoms with Crippen LogP contribution in [0.1, 0.15) is 18.4 Å². The Morgan fingerprint density at radius 2 is 1.74 bits per heavy atom. The first kappa shape index (κ1) is 18.4. The molecule has 0 atom stereocenters. The molecule has 0 heterocycles. The molecule has 1 saturated carbocycles. The van der Waals surface area contributed by atoms with Crippen molar-refractivity contribution >= 4 is 29.4 Å². The van der Waals surface area contributed by atoms with Gasteiger partial charge >= 0.3 is 6.03 Å². The maximum atomic E-state index is 13.6. The lowest BCUT2D eigenvalue weighted by Crippen LogP contribution is -2.30. The average Bonchev–Trinajstić information content (AvgIpc) is 3.45. The number of hydrogen-bond acceptors (Lipinski definition) is 3. The van der Waals surface area contributed by atoms with Crippen LogP contribution in [0, 0.1) is 5.82 Å². The molecule has 1 fully saturated rings. The highest BCUT2D eigenvalue weighted by atomic mass is 19.1. The zero-order valence-electron chi connectivity index (χ0n) is 14.8. The maximum absolute atomic E-state index is 13.6. The Morgan fingerprint density at radius 1 is 1.07 bits per heavy atom. The number of urea groups is 1. The van der Waals surface area contributed by atoms with Crippen LogP contribution in [-0.2, 0) is 4.79 Å². The van der Waals surface area contributed by atoms with Crippen molar-refractivity contribution in [2.75, 3.05) is 17.7 Å². The van der Waals surface area contributed by atoms with Crippen LogP contribution in [-0.4, -0.2) is 25.1 Å². The molecule has 6 nitrogen and oxygen atoms in total. The van der Waals surface area contributed by atoms with Gasteiger partial charge in [-0.15, -0.1) is 0 Å². The molecule has 3 rings (SSSR count). The second-order valence-corrected chi connectivity index (χ2v) is 6.17. The van der Waals surface area contributed by atoms with Gasteiger partial charge in [0.15, 0.2) is 11.6 Å². The van der Waals surface area contributed by atoms with Gasteiger partial charge in [0.2, 0.25) is 5.91 Å². The lowest BCUT2D eigenvalue weighted by molar-refractivity contribution is -0.111. The third kappa shape index (κ3) is 5.57. The van der Waals surface area contributed by atoms with Gasteiger partial charge in [0, 0.05) is 23.5 Å². The van der Waals surface area contributed by atoms with E-state index < -0.39 is 5.82 Å². The van der Waals surface area contributed by atoms with Gasteiger partial charge in [-0.1, -0.05) is 6.07 Å². The molecule has 140 valence electrons. The van der Waals surface area contributed by atoms with E-state index in [4.69, 9.17) is 4.74 Å². The summed E-state index contributed by atoms with van der Waals surface area (Å²) in [7, 11) is 1.39. The van der Waals surface area contributed by atoms with Gasteiger partial charge in [0.1, 0.15) is 0 Å². The van der Waals surface area contributed by atoms with Gasteiger partial charge in [-0.25, -0.2) is 9.18 Å². The normalized spacial score (nSPS) is 13.3. The number of methoxy groups -OCH3 is 1. The average molecular weight is 369 g/mol. The number of carbonyl (C=O) groups is 2. The summed E-state index contributed by atoms with van der Waals surface area (Å²) in [6.07, 6.45) is 4.87. The minimum Gasteiger partial charge on any atom is -0.494 e. The summed E-state index contributed by atoms with van der Waals surface area (Å²) in [6, 6.07) is 11.3. The van der Waals surface area contributed by atoms with E-state index in [2.05, 4.69) is 16.0 Å². The summed E-state index contributed by atoms with van der Waals surface area (Å²) >= 11 is 0. The van der Waals surface area contributed by atoms with E-state index in [0.29, 0.717) is 16.9 Å². The van der Waals surface area contributed by atoms with Crippen molar-refractivity contribution in [1.82, 2.24) is 5.32 Å². The van der Waals surface area contributed by atoms with Gasteiger partial charge in [-0.2, -0.15) is 0 Å². The van der Waals surface area contributed by atoms with Crippen LogP contribution in [0.5, 0.6) is 5.75 Å². The largest absolute Gasteiger partial charge is 0.494 e. The second kappa shape index (κ2) is 8.35. The number of amides is 3. The molecule has 1 aliphatic rings. The predicted molar refractivity (Wildman–Crippen MR) is 102 cm³/mol. The van der Waals surface area contributed by atoms with Crippen LogP contribution in [0.25, 0.3) is 6.08 Å². The summed E-state index contributed by atoms with van der Waals surface area (Å²) in [5, 5.41) is 8.26. The molecule has 0 bridgehead atoms. The van der Waals surface area contributed by atoms with Gasteiger partial charge in [-0.3, -0.25) is 4.79 Å². The summed E-state index contributed by atoms with van der Waals surface area (Å²) in [5.74, 6) is -0.691. The molecule has 2 aromatic rings. The topological polar surface area (TPSA) is 79.5 Å². The second-order valence-electron chi connectivity index (χ2n) is 6.17. The Hall–Kier alpha value is -3.35. The summed E-state index contributed by atoms with van der Waals surface area (Å²) in [6.45, 7) is 0. The van der Waals surface area contributed by atoms with Crippen molar-refractivity contribution in [2.24, 2.45) is 0 Å². The molecule has 2 aromatic carbocycles. The van der Waals surface area contributed by atoms with E-state index in [0.717, 1.165) is 12.8 Å².